The number of carbonyl (C=O) groups is 1. The number of halogens is 5. The van der Waals surface area contributed by atoms with Crippen LogP contribution in [0.25, 0.3) is 0 Å². The standard InChI is InChI=1S/C37H39F5N8O2/c1-4-15-50(16-5-2)34(51)32-33(46-35(50,24-38)25-39)47-36(45-32,29-19-43-48(22-29)14-8-11-26-9-7-13-31(18-26)52-3)30-20-44-49(23-30)21-27-10-6-12-28(17-27)37(40,41)42/h6-7,9-10,12-13,17-20,22-23,45H,4-5,14-16,21,24-25H2,1-3H3,(H-,46,47,51)/p+1. The summed E-state index contributed by atoms with van der Waals surface area (Å²) in [5, 5.41) is 18.7. The fourth-order valence-corrected chi connectivity index (χ4v) is 7.07. The maximum Gasteiger partial charge on any atom is 0.416 e. The molecule has 4 heterocycles. The zero-order chi connectivity index (χ0) is 37.1. The third kappa shape index (κ3) is 6.47. The summed E-state index contributed by atoms with van der Waals surface area (Å²) in [7, 11) is 1.57. The molecule has 0 saturated carbocycles. The van der Waals surface area contributed by atoms with Gasteiger partial charge in [-0.15, -0.1) is 0 Å². The van der Waals surface area contributed by atoms with Gasteiger partial charge in [0.05, 0.1) is 44.7 Å². The highest BCUT2D eigenvalue weighted by molar-refractivity contribution is 5.90. The lowest BCUT2D eigenvalue weighted by atomic mass is 9.97. The van der Waals surface area contributed by atoms with E-state index in [0.29, 0.717) is 35.3 Å². The number of benzene rings is 2. The van der Waals surface area contributed by atoms with E-state index in [1.165, 1.54) is 16.9 Å². The average Bonchev–Trinajstić information content (AvgIpc) is 3.90. The Bertz CT molecular complexity index is 2020. The molecular formula is C37H40F5N8O2+. The van der Waals surface area contributed by atoms with Crippen LogP contribution in [-0.4, -0.2) is 69.2 Å². The van der Waals surface area contributed by atoms with Gasteiger partial charge >= 0.3 is 12.1 Å². The molecule has 1 atom stereocenters. The molecule has 1 amide bonds. The molecule has 0 spiro atoms. The number of ether oxygens (including phenoxy) is 1. The Labute approximate surface area is 298 Å². The second-order valence-corrected chi connectivity index (χ2v) is 13.0. The van der Waals surface area contributed by atoms with Gasteiger partial charge in [-0.2, -0.15) is 23.4 Å². The zero-order valence-electron chi connectivity index (χ0n) is 29.0. The van der Waals surface area contributed by atoms with Gasteiger partial charge in [-0.3, -0.25) is 9.36 Å². The van der Waals surface area contributed by atoms with Gasteiger partial charge in [-0.1, -0.05) is 43.9 Å². The molecule has 0 fully saturated rings. The summed E-state index contributed by atoms with van der Waals surface area (Å²) < 4.78 is 78.4. The molecule has 1 unspecified atom stereocenters. The van der Waals surface area contributed by atoms with E-state index in [9.17, 15) is 18.0 Å². The lowest BCUT2D eigenvalue weighted by Gasteiger charge is -2.51. The maximum absolute atomic E-state index is 15.1. The van der Waals surface area contributed by atoms with Crippen molar-refractivity contribution in [1.29, 1.82) is 0 Å². The first-order valence-corrected chi connectivity index (χ1v) is 16.9. The van der Waals surface area contributed by atoms with E-state index in [1.807, 2.05) is 38.1 Å². The number of carbonyl (C=O) groups excluding carboxylic acids is 1. The van der Waals surface area contributed by atoms with Crippen molar-refractivity contribution in [1.82, 2.24) is 35.5 Å². The van der Waals surface area contributed by atoms with Crippen molar-refractivity contribution in [2.24, 2.45) is 0 Å². The molecule has 2 aliphatic rings. The van der Waals surface area contributed by atoms with Gasteiger partial charge in [0.25, 0.3) is 0 Å². The minimum atomic E-state index is -4.51. The van der Waals surface area contributed by atoms with Crippen LogP contribution in [0.1, 0.15) is 54.5 Å². The Kier molecular flexibility index (Phi) is 10.0. The summed E-state index contributed by atoms with van der Waals surface area (Å²) in [5.74, 6) is 6.51. The summed E-state index contributed by atoms with van der Waals surface area (Å²) in [6.45, 7) is 2.08. The smallest absolute Gasteiger partial charge is 0.416 e. The normalized spacial score (nSPS) is 18.9. The van der Waals surface area contributed by atoms with Gasteiger partial charge in [0.1, 0.15) is 18.1 Å². The van der Waals surface area contributed by atoms with E-state index >= 15 is 8.78 Å². The SMILES string of the molecule is CCC[N+]1(CCC)C(=O)C2=C(NC(c3cnn(CC#Cc4cccc(OC)c4)c3)(c3cnn(Cc4cccc(C(F)(F)F)c4)c3)N2)NC1(CF)CF. The Hall–Kier alpha value is -5.36. The minimum absolute atomic E-state index is 0.0171. The number of hydrogen-bond donors (Lipinski definition) is 3. The maximum atomic E-state index is 15.1. The molecule has 0 bridgehead atoms. The summed E-state index contributed by atoms with van der Waals surface area (Å²) >= 11 is 0. The van der Waals surface area contributed by atoms with E-state index in [0.717, 1.165) is 17.7 Å². The third-order valence-electron chi connectivity index (χ3n) is 9.58. The second-order valence-electron chi connectivity index (χ2n) is 13.0. The number of quaternary nitrogens is 1. The number of alkyl halides is 5. The van der Waals surface area contributed by atoms with Crippen molar-refractivity contribution in [3.05, 3.63) is 113 Å². The molecule has 2 aromatic heterocycles. The highest BCUT2D eigenvalue weighted by Gasteiger charge is 2.64. The summed E-state index contributed by atoms with van der Waals surface area (Å²) in [4.78, 5) is 14.6. The van der Waals surface area contributed by atoms with Crippen LogP contribution in [-0.2, 0) is 29.7 Å². The molecule has 15 heteroatoms. The molecule has 52 heavy (non-hydrogen) atoms. The predicted molar refractivity (Wildman–Crippen MR) is 182 cm³/mol. The monoisotopic (exact) mass is 723 g/mol. The Balaban J connectivity index is 1.38. The zero-order valence-corrected chi connectivity index (χ0v) is 29.0. The molecular weight excluding hydrogens is 683 g/mol. The molecule has 6 rings (SSSR count). The van der Waals surface area contributed by atoms with Crippen LogP contribution in [0.2, 0.25) is 0 Å². The van der Waals surface area contributed by atoms with Gasteiger partial charge in [0.2, 0.25) is 5.66 Å². The van der Waals surface area contributed by atoms with Crippen molar-refractivity contribution >= 4 is 5.91 Å². The minimum Gasteiger partial charge on any atom is -0.497 e. The lowest BCUT2D eigenvalue weighted by molar-refractivity contribution is -0.910. The van der Waals surface area contributed by atoms with E-state index in [2.05, 4.69) is 38.0 Å². The Morgan fingerprint density at radius 1 is 0.904 bits per heavy atom. The number of amides is 1. The molecule has 10 nitrogen and oxygen atoms in total. The van der Waals surface area contributed by atoms with Gasteiger partial charge in [0.15, 0.2) is 24.7 Å². The van der Waals surface area contributed by atoms with Crippen LogP contribution in [0.5, 0.6) is 5.75 Å². The average molecular weight is 724 g/mol. The van der Waals surface area contributed by atoms with Crippen molar-refractivity contribution in [2.45, 2.75) is 57.3 Å². The van der Waals surface area contributed by atoms with E-state index < -0.39 is 46.8 Å². The van der Waals surface area contributed by atoms with Crippen LogP contribution in [0.4, 0.5) is 22.0 Å². The Morgan fingerprint density at radius 2 is 1.58 bits per heavy atom. The van der Waals surface area contributed by atoms with Gasteiger partial charge in [-0.25, -0.2) is 18.1 Å². The lowest BCUT2D eigenvalue weighted by Crippen LogP contribution is -2.78. The van der Waals surface area contributed by atoms with Crippen LogP contribution in [0.15, 0.2) is 84.8 Å². The number of methoxy groups -OCH3 is 1. The fraction of sp³-hybridized carbons (Fsp3) is 0.378. The topological polar surface area (TPSA) is 98.0 Å². The molecule has 0 radical (unpaired) electrons. The van der Waals surface area contributed by atoms with Crippen LogP contribution < -0.4 is 20.7 Å². The van der Waals surface area contributed by atoms with Crippen molar-refractivity contribution < 1.29 is 36.0 Å². The molecule has 3 N–H and O–H groups in total. The number of hydrogen-bond acceptors (Lipinski definition) is 7. The first-order chi connectivity index (χ1) is 25.0. The van der Waals surface area contributed by atoms with E-state index in [4.69, 9.17) is 4.74 Å². The summed E-state index contributed by atoms with van der Waals surface area (Å²) in [5.41, 5.74) is -1.82. The molecule has 274 valence electrons. The quantitative estimate of drug-likeness (QED) is 0.106. The molecule has 2 aliphatic heterocycles. The summed E-state index contributed by atoms with van der Waals surface area (Å²) in [6, 6.07) is 12.3. The number of rotatable bonds is 12. The molecule has 4 aromatic rings. The van der Waals surface area contributed by atoms with Gasteiger partial charge in [0, 0.05) is 29.1 Å². The van der Waals surface area contributed by atoms with Crippen LogP contribution in [0, 0.1) is 11.8 Å². The van der Waals surface area contributed by atoms with E-state index in [-0.39, 0.29) is 37.7 Å². The van der Waals surface area contributed by atoms with Crippen molar-refractivity contribution in [3.63, 3.8) is 0 Å². The van der Waals surface area contributed by atoms with Crippen LogP contribution >= 0.6 is 0 Å². The number of nitrogens with zero attached hydrogens (tertiary/aromatic N) is 5. The number of nitrogens with one attached hydrogen (secondary N) is 3. The second kappa shape index (κ2) is 14.3. The number of aromatic nitrogens is 4. The molecule has 0 aliphatic carbocycles. The first kappa shape index (κ1) is 36.4. The van der Waals surface area contributed by atoms with Crippen molar-refractivity contribution in [2.75, 3.05) is 33.5 Å². The van der Waals surface area contributed by atoms with Crippen LogP contribution in [0.3, 0.4) is 0 Å². The highest BCUT2D eigenvalue weighted by atomic mass is 19.4. The third-order valence-corrected chi connectivity index (χ3v) is 9.58. The fourth-order valence-electron chi connectivity index (χ4n) is 7.07. The predicted octanol–water partition coefficient (Wildman–Crippen LogP) is 5.17. The van der Waals surface area contributed by atoms with Crippen molar-refractivity contribution in [3.8, 4) is 17.6 Å². The van der Waals surface area contributed by atoms with E-state index in [1.54, 1.807) is 36.4 Å². The first-order valence-electron chi connectivity index (χ1n) is 16.9. The van der Waals surface area contributed by atoms with Gasteiger partial charge in [-0.05, 0) is 48.7 Å². The highest BCUT2D eigenvalue weighted by Crippen LogP contribution is 2.41. The largest absolute Gasteiger partial charge is 0.497 e. The summed E-state index contributed by atoms with van der Waals surface area (Å²) in [6.07, 6.45) is 2.97. The van der Waals surface area contributed by atoms with Gasteiger partial charge < -0.3 is 20.7 Å². The Morgan fingerprint density at radius 3 is 2.23 bits per heavy atom. The molecule has 0 saturated heterocycles. The molecule has 2 aromatic carbocycles.